The van der Waals surface area contributed by atoms with Crippen LogP contribution in [0.3, 0.4) is 0 Å². The molecule has 1 heterocycles. The zero-order valence-corrected chi connectivity index (χ0v) is 19.1. The van der Waals surface area contributed by atoms with E-state index in [-0.39, 0.29) is 23.4 Å². The fourth-order valence-corrected chi connectivity index (χ4v) is 5.12. The predicted octanol–water partition coefficient (Wildman–Crippen LogP) is 4.14. The van der Waals surface area contributed by atoms with Crippen LogP contribution in [0.25, 0.3) is 0 Å². The van der Waals surface area contributed by atoms with Crippen molar-refractivity contribution < 1.29 is 17.9 Å². The van der Waals surface area contributed by atoms with E-state index in [0.29, 0.717) is 11.4 Å². The lowest BCUT2D eigenvalue weighted by Crippen LogP contribution is -2.51. The number of rotatable bonds is 5. The Morgan fingerprint density at radius 2 is 1.56 bits per heavy atom. The minimum Gasteiger partial charge on any atom is -0.476 e. The summed E-state index contributed by atoms with van der Waals surface area (Å²) >= 11 is 0. The second-order valence-corrected chi connectivity index (χ2v) is 9.93. The van der Waals surface area contributed by atoms with Crippen molar-refractivity contribution in [1.29, 1.82) is 0 Å². The molecule has 1 N–H and O–H groups in total. The van der Waals surface area contributed by atoms with E-state index in [1.165, 1.54) is 4.31 Å². The van der Waals surface area contributed by atoms with Gasteiger partial charge in [-0.2, -0.15) is 0 Å². The van der Waals surface area contributed by atoms with Crippen LogP contribution in [0.2, 0.25) is 0 Å². The molecule has 166 valence electrons. The second-order valence-electron chi connectivity index (χ2n) is 8.06. The van der Waals surface area contributed by atoms with Gasteiger partial charge < -0.3 is 10.1 Å². The zero-order chi connectivity index (χ0) is 22.9. The Hall–Kier alpha value is -3.32. The van der Waals surface area contributed by atoms with Gasteiger partial charge in [0.1, 0.15) is 5.75 Å². The quantitative estimate of drug-likeness (QED) is 0.634. The molecule has 0 aliphatic carbocycles. The van der Waals surface area contributed by atoms with Crippen molar-refractivity contribution in [3.05, 3.63) is 89.5 Å². The van der Waals surface area contributed by atoms with Crippen LogP contribution in [0.4, 0.5) is 5.69 Å². The molecule has 3 aromatic carbocycles. The van der Waals surface area contributed by atoms with Crippen molar-refractivity contribution in [3.8, 4) is 5.75 Å². The zero-order valence-electron chi connectivity index (χ0n) is 18.3. The van der Waals surface area contributed by atoms with E-state index in [9.17, 15) is 13.2 Å². The van der Waals surface area contributed by atoms with Gasteiger partial charge in [-0.15, -0.1) is 0 Å². The topological polar surface area (TPSA) is 75.7 Å². The summed E-state index contributed by atoms with van der Waals surface area (Å²) in [6, 6.07) is 21.2. The number of nitrogens with one attached hydrogen (secondary N) is 1. The van der Waals surface area contributed by atoms with E-state index in [4.69, 9.17) is 4.74 Å². The molecule has 0 fully saturated rings. The summed E-state index contributed by atoms with van der Waals surface area (Å²) in [5.74, 6) is -0.00531. The van der Waals surface area contributed by atoms with Crippen LogP contribution in [-0.4, -0.2) is 27.0 Å². The number of sulfonamides is 1. The van der Waals surface area contributed by atoms with Gasteiger partial charge in [-0.1, -0.05) is 59.7 Å². The van der Waals surface area contributed by atoms with Crippen LogP contribution in [-0.2, 0) is 14.8 Å². The Balaban J connectivity index is 1.61. The first kappa shape index (κ1) is 21.9. The number of anilines is 1. The molecule has 7 heteroatoms. The Labute approximate surface area is 188 Å². The maximum Gasteiger partial charge on any atom is 0.264 e. The first-order valence-electron chi connectivity index (χ1n) is 10.5. The van der Waals surface area contributed by atoms with Gasteiger partial charge in [0, 0.05) is 0 Å². The third-order valence-corrected chi connectivity index (χ3v) is 7.37. The van der Waals surface area contributed by atoms with E-state index in [2.05, 4.69) is 5.32 Å². The van der Waals surface area contributed by atoms with Crippen LogP contribution in [0.5, 0.6) is 5.75 Å². The number of fused-ring (bicyclic) bond motifs is 1. The highest BCUT2D eigenvalue weighted by atomic mass is 32.2. The number of hydrogen-bond donors (Lipinski definition) is 1. The average molecular weight is 451 g/mol. The number of hydrogen-bond acceptors (Lipinski definition) is 4. The Bertz CT molecular complexity index is 1220. The number of carbonyl (C=O) groups excluding carboxylic acids is 1. The Kier molecular flexibility index (Phi) is 5.93. The van der Waals surface area contributed by atoms with Crippen LogP contribution < -0.4 is 14.4 Å². The first-order valence-corrected chi connectivity index (χ1v) is 11.9. The van der Waals surface area contributed by atoms with Crippen molar-refractivity contribution in [2.75, 3.05) is 10.8 Å². The monoisotopic (exact) mass is 450 g/mol. The molecule has 4 rings (SSSR count). The molecule has 0 radical (unpaired) electrons. The first-order chi connectivity index (χ1) is 15.3. The van der Waals surface area contributed by atoms with Gasteiger partial charge >= 0.3 is 0 Å². The smallest absolute Gasteiger partial charge is 0.264 e. The van der Waals surface area contributed by atoms with Crippen molar-refractivity contribution in [3.63, 3.8) is 0 Å². The summed E-state index contributed by atoms with van der Waals surface area (Å²) in [6.45, 7) is 5.68. The molecule has 0 saturated heterocycles. The van der Waals surface area contributed by atoms with Crippen LogP contribution in [0.15, 0.2) is 77.7 Å². The lowest BCUT2D eigenvalue weighted by molar-refractivity contribution is -0.128. The van der Waals surface area contributed by atoms with Gasteiger partial charge in [0.05, 0.1) is 23.2 Å². The summed E-state index contributed by atoms with van der Waals surface area (Å²) in [6.07, 6.45) is -0.974. The number of carbonyl (C=O) groups is 1. The van der Waals surface area contributed by atoms with E-state index in [0.717, 1.165) is 16.7 Å². The summed E-state index contributed by atoms with van der Waals surface area (Å²) in [4.78, 5) is 13.2. The predicted molar refractivity (Wildman–Crippen MR) is 124 cm³/mol. The Morgan fingerprint density at radius 1 is 0.969 bits per heavy atom. The van der Waals surface area contributed by atoms with Crippen LogP contribution in [0, 0.1) is 13.8 Å². The summed E-state index contributed by atoms with van der Waals surface area (Å²) in [5, 5.41) is 2.95. The van der Waals surface area contributed by atoms with Crippen molar-refractivity contribution in [1.82, 2.24) is 5.32 Å². The molecule has 32 heavy (non-hydrogen) atoms. The molecule has 0 saturated carbocycles. The summed E-state index contributed by atoms with van der Waals surface area (Å²) < 4.78 is 34.1. The molecule has 0 aromatic heterocycles. The minimum atomic E-state index is -3.87. The molecule has 1 aliphatic rings. The van der Waals surface area contributed by atoms with Crippen molar-refractivity contribution >= 4 is 21.6 Å². The fourth-order valence-electron chi connectivity index (χ4n) is 3.65. The standard InChI is InChI=1S/C25H26N2O4S/c1-17-8-12-20(13-9-17)19(3)26-25(28)24-16-27(22-6-4-5-7-23(22)31-24)32(29,30)21-14-10-18(2)11-15-21/h4-15,19,24H,16H2,1-3H3,(H,26,28)/t19-,24+/m1/s1. The Morgan fingerprint density at radius 3 is 2.22 bits per heavy atom. The lowest BCUT2D eigenvalue weighted by Gasteiger charge is -2.35. The number of benzene rings is 3. The molecule has 0 bridgehead atoms. The van der Waals surface area contributed by atoms with E-state index in [1.807, 2.05) is 45.0 Å². The van der Waals surface area contributed by atoms with Crippen LogP contribution in [0.1, 0.15) is 29.7 Å². The maximum absolute atomic E-state index is 13.4. The molecule has 1 aliphatic heterocycles. The number of ether oxygens (including phenoxy) is 1. The SMILES string of the molecule is Cc1ccc([C@@H](C)NC(=O)[C@@H]2CN(S(=O)(=O)c3ccc(C)cc3)c3ccccc3O2)cc1. The normalized spacial score (nSPS) is 16.6. The summed E-state index contributed by atoms with van der Waals surface area (Å²) in [7, 11) is -3.87. The lowest BCUT2D eigenvalue weighted by atomic mass is 10.1. The molecule has 3 aromatic rings. The van der Waals surface area contributed by atoms with Crippen molar-refractivity contribution in [2.24, 2.45) is 0 Å². The number of amides is 1. The number of nitrogens with zero attached hydrogens (tertiary/aromatic N) is 1. The summed E-state index contributed by atoms with van der Waals surface area (Å²) in [5.41, 5.74) is 3.48. The average Bonchev–Trinajstić information content (AvgIpc) is 2.79. The van der Waals surface area contributed by atoms with Crippen LogP contribution >= 0.6 is 0 Å². The fraction of sp³-hybridized carbons (Fsp3) is 0.240. The van der Waals surface area contributed by atoms with Gasteiger partial charge in [-0.3, -0.25) is 9.10 Å². The van der Waals surface area contributed by atoms with E-state index >= 15 is 0 Å². The van der Waals surface area contributed by atoms with Gasteiger partial charge in [-0.05, 0) is 50.6 Å². The van der Waals surface area contributed by atoms with Gasteiger partial charge in [0.15, 0.2) is 6.10 Å². The molecular weight excluding hydrogens is 424 g/mol. The third kappa shape index (κ3) is 4.34. The highest BCUT2D eigenvalue weighted by molar-refractivity contribution is 7.92. The van der Waals surface area contributed by atoms with Gasteiger partial charge in [0.25, 0.3) is 15.9 Å². The highest BCUT2D eigenvalue weighted by Gasteiger charge is 2.37. The second kappa shape index (κ2) is 8.67. The molecular formula is C25H26N2O4S. The largest absolute Gasteiger partial charge is 0.476 e. The molecule has 6 nitrogen and oxygen atoms in total. The number of aryl methyl sites for hydroxylation is 2. The number of para-hydroxylation sites is 2. The molecule has 0 unspecified atom stereocenters. The highest BCUT2D eigenvalue weighted by Crippen LogP contribution is 2.37. The molecule has 0 spiro atoms. The maximum atomic E-state index is 13.4. The van der Waals surface area contributed by atoms with Crippen molar-refractivity contribution in [2.45, 2.75) is 37.8 Å². The minimum absolute atomic E-state index is 0.111. The van der Waals surface area contributed by atoms with Gasteiger partial charge in [-0.25, -0.2) is 8.42 Å². The van der Waals surface area contributed by atoms with Gasteiger partial charge in [0.2, 0.25) is 0 Å². The van der Waals surface area contributed by atoms with E-state index in [1.54, 1.807) is 48.5 Å². The molecule has 2 atom stereocenters. The molecule has 1 amide bonds. The third-order valence-electron chi connectivity index (χ3n) is 5.57. The van der Waals surface area contributed by atoms with E-state index < -0.39 is 16.1 Å².